The summed E-state index contributed by atoms with van der Waals surface area (Å²) in [7, 11) is 0. The predicted octanol–water partition coefficient (Wildman–Crippen LogP) is 7.43. The largest absolute Gasteiger partial charge is 0.396 e. The molecule has 10 atom stereocenters. The van der Waals surface area contributed by atoms with E-state index in [-0.39, 0.29) is 16.7 Å². The maximum Gasteiger partial charge on any atom is 0.136 e. The Kier molecular flexibility index (Phi) is 5.01. The summed E-state index contributed by atoms with van der Waals surface area (Å²) < 4.78 is 0. The van der Waals surface area contributed by atoms with Crippen LogP contribution in [-0.4, -0.2) is 17.5 Å². The number of carbonyl (C=O) groups is 1. The van der Waals surface area contributed by atoms with Crippen LogP contribution in [0.1, 0.15) is 119 Å². The van der Waals surface area contributed by atoms with Crippen molar-refractivity contribution < 1.29 is 9.90 Å². The van der Waals surface area contributed by atoms with Crippen LogP contribution in [0.2, 0.25) is 0 Å². The average Bonchev–Trinajstić information content (AvgIpc) is 2.75. The van der Waals surface area contributed by atoms with Gasteiger partial charge in [-0.25, -0.2) is 0 Å². The molecular formula is C30H50O2. The molecule has 2 heteroatoms. The first-order valence-electron chi connectivity index (χ1n) is 13.9. The molecular weight excluding hydrogens is 392 g/mol. The minimum absolute atomic E-state index is 0.108. The molecule has 5 rings (SSSR count). The number of carbonyl (C=O) groups excluding carboxylic acids is 1. The average molecular weight is 443 g/mol. The summed E-state index contributed by atoms with van der Waals surface area (Å²) in [5.74, 6) is 2.96. The Balaban J connectivity index is 1.54. The Labute approximate surface area is 197 Å². The predicted molar refractivity (Wildman–Crippen MR) is 131 cm³/mol. The van der Waals surface area contributed by atoms with Gasteiger partial charge < -0.3 is 5.11 Å². The molecule has 0 aromatic carbocycles. The topological polar surface area (TPSA) is 37.3 Å². The standard InChI is InChI=1S/C30H50O2/c1-20-21(32)8-9-22-27(20,4)11-10-23-28(22,5)15-17-30(7)24-18-25(2,19-31)12-13-26(24,3)14-16-29(23,30)6/h20,22-24,31H,8-19H2,1-7H3/t20-,22+,23+,24+,25-,26+,27-,28-,29+,30-/m0/s1. The van der Waals surface area contributed by atoms with Gasteiger partial charge in [-0.2, -0.15) is 0 Å². The van der Waals surface area contributed by atoms with Crippen LogP contribution in [0.3, 0.4) is 0 Å². The number of aliphatic hydroxyl groups is 1. The van der Waals surface area contributed by atoms with Gasteiger partial charge in [0.15, 0.2) is 0 Å². The molecule has 0 spiro atoms. The van der Waals surface area contributed by atoms with E-state index in [1.165, 1.54) is 57.8 Å². The molecule has 2 nitrogen and oxygen atoms in total. The molecule has 1 N–H and O–H groups in total. The fourth-order valence-electron chi connectivity index (χ4n) is 11.2. The molecule has 5 aliphatic carbocycles. The fourth-order valence-corrected chi connectivity index (χ4v) is 11.2. The van der Waals surface area contributed by atoms with Crippen LogP contribution < -0.4 is 0 Å². The van der Waals surface area contributed by atoms with Gasteiger partial charge in [-0.3, -0.25) is 4.79 Å². The number of fused-ring (bicyclic) bond motifs is 7. The highest BCUT2D eigenvalue weighted by atomic mass is 16.3. The Morgan fingerprint density at radius 3 is 2.06 bits per heavy atom. The van der Waals surface area contributed by atoms with E-state index in [0.29, 0.717) is 40.0 Å². The van der Waals surface area contributed by atoms with Gasteiger partial charge in [-0.15, -0.1) is 0 Å². The first-order chi connectivity index (χ1) is 14.8. The van der Waals surface area contributed by atoms with Crippen molar-refractivity contribution in [3.8, 4) is 0 Å². The Bertz CT molecular complexity index is 805. The zero-order valence-corrected chi connectivity index (χ0v) is 22.2. The maximum atomic E-state index is 12.7. The first-order valence-corrected chi connectivity index (χ1v) is 13.9. The van der Waals surface area contributed by atoms with E-state index in [1.807, 2.05) is 0 Å². The summed E-state index contributed by atoms with van der Waals surface area (Å²) in [6, 6.07) is 0. The molecule has 5 fully saturated rings. The van der Waals surface area contributed by atoms with Crippen LogP contribution in [0.15, 0.2) is 0 Å². The van der Waals surface area contributed by atoms with Gasteiger partial charge >= 0.3 is 0 Å². The van der Waals surface area contributed by atoms with Gasteiger partial charge in [0.25, 0.3) is 0 Å². The normalized spacial score (nSPS) is 60.1. The highest BCUT2D eigenvalue weighted by Gasteiger charge is 2.70. The third-order valence-electron chi connectivity index (χ3n) is 14.0. The molecule has 5 aliphatic rings. The highest BCUT2D eigenvalue weighted by Crippen LogP contribution is 2.78. The Hall–Kier alpha value is -0.370. The van der Waals surface area contributed by atoms with Gasteiger partial charge in [0, 0.05) is 18.9 Å². The number of Topliss-reactive ketones (excluding diaryl/α,β-unsaturated/α-hetero) is 1. The zero-order chi connectivity index (χ0) is 23.4. The highest BCUT2D eigenvalue weighted by molar-refractivity contribution is 5.82. The molecule has 0 amide bonds. The lowest BCUT2D eigenvalue weighted by Gasteiger charge is -2.74. The zero-order valence-electron chi connectivity index (χ0n) is 22.2. The second-order valence-electron chi connectivity index (χ2n) is 15.1. The quantitative estimate of drug-likeness (QED) is 0.458. The monoisotopic (exact) mass is 442 g/mol. The van der Waals surface area contributed by atoms with E-state index in [0.717, 1.165) is 24.7 Å². The number of hydrogen-bond donors (Lipinski definition) is 1. The lowest BCUT2D eigenvalue weighted by molar-refractivity contribution is -0.258. The van der Waals surface area contributed by atoms with Crippen molar-refractivity contribution in [3.05, 3.63) is 0 Å². The van der Waals surface area contributed by atoms with Crippen molar-refractivity contribution in [3.63, 3.8) is 0 Å². The minimum Gasteiger partial charge on any atom is -0.396 e. The van der Waals surface area contributed by atoms with Crippen molar-refractivity contribution in [2.75, 3.05) is 6.61 Å². The number of rotatable bonds is 1. The summed E-state index contributed by atoms with van der Waals surface area (Å²) in [5, 5.41) is 10.3. The summed E-state index contributed by atoms with van der Waals surface area (Å²) in [6.07, 6.45) is 13.6. The lowest BCUT2D eigenvalue weighted by atomic mass is 9.30. The van der Waals surface area contributed by atoms with Crippen LogP contribution in [0.4, 0.5) is 0 Å². The van der Waals surface area contributed by atoms with Crippen molar-refractivity contribution in [1.29, 1.82) is 0 Å². The molecule has 182 valence electrons. The van der Waals surface area contributed by atoms with Crippen LogP contribution >= 0.6 is 0 Å². The third kappa shape index (κ3) is 2.71. The van der Waals surface area contributed by atoms with E-state index < -0.39 is 0 Å². The van der Waals surface area contributed by atoms with Crippen LogP contribution in [0.5, 0.6) is 0 Å². The molecule has 32 heavy (non-hydrogen) atoms. The summed E-state index contributed by atoms with van der Waals surface area (Å²) >= 11 is 0. The molecule has 0 bridgehead atoms. The number of aliphatic hydroxyl groups excluding tert-OH is 1. The van der Waals surface area contributed by atoms with Crippen molar-refractivity contribution >= 4 is 5.78 Å². The van der Waals surface area contributed by atoms with Gasteiger partial charge in [0.1, 0.15) is 5.78 Å². The molecule has 0 radical (unpaired) electrons. The summed E-state index contributed by atoms with van der Waals surface area (Å²) in [6.45, 7) is 18.0. The minimum atomic E-state index is 0.108. The molecule has 0 saturated heterocycles. The van der Waals surface area contributed by atoms with Crippen LogP contribution in [0, 0.1) is 56.2 Å². The van der Waals surface area contributed by atoms with Gasteiger partial charge in [-0.1, -0.05) is 48.5 Å². The van der Waals surface area contributed by atoms with E-state index in [9.17, 15) is 9.90 Å². The molecule has 5 saturated carbocycles. The first kappa shape index (κ1) is 23.4. The van der Waals surface area contributed by atoms with Gasteiger partial charge in [0.05, 0.1) is 0 Å². The lowest BCUT2D eigenvalue weighted by Crippen LogP contribution is -2.67. The maximum absolute atomic E-state index is 12.7. The van der Waals surface area contributed by atoms with Crippen molar-refractivity contribution in [2.24, 2.45) is 56.2 Å². The van der Waals surface area contributed by atoms with E-state index >= 15 is 0 Å². The fraction of sp³-hybridized carbons (Fsp3) is 0.967. The summed E-state index contributed by atoms with van der Waals surface area (Å²) in [4.78, 5) is 12.7. The van der Waals surface area contributed by atoms with E-state index in [4.69, 9.17) is 0 Å². The molecule has 0 unspecified atom stereocenters. The van der Waals surface area contributed by atoms with Crippen LogP contribution in [0.25, 0.3) is 0 Å². The van der Waals surface area contributed by atoms with E-state index in [2.05, 4.69) is 48.5 Å². The molecule has 0 aromatic heterocycles. The van der Waals surface area contributed by atoms with Gasteiger partial charge in [-0.05, 0) is 114 Å². The molecule has 0 heterocycles. The van der Waals surface area contributed by atoms with Crippen LogP contribution in [-0.2, 0) is 4.79 Å². The van der Waals surface area contributed by atoms with E-state index in [1.54, 1.807) is 0 Å². The van der Waals surface area contributed by atoms with Gasteiger partial charge in [0.2, 0.25) is 0 Å². The Morgan fingerprint density at radius 2 is 1.38 bits per heavy atom. The van der Waals surface area contributed by atoms with Crippen molar-refractivity contribution in [1.82, 2.24) is 0 Å². The smallest absolute Gasteiger partial charge is 0.136 e. The SMILES string of the molecule is C[C@H]1C(=O)CC[C@H]2[C@]3(C)CC[C@@]4(C)[C@@H]5C[C@@](C)(CO)CC[C@]5(C)CC[C@]4(C)[C@@H]3CC[C@]21C. The Morgan fingerprint density at radius 1 is 0.750 bits per heavy atom. The number of hydrogen-bond acceptors (Lipinski definition) is 2. The summed E-state index contributed by atoms with van der Waals surface area (Å²) in [5.41, 5.74) is 1.88. The number of ketones is 1. The molecule has 0 aliphatic heterocycles. The second kappa shape index (κ2) is 6.86. The van der Waals surface area contributed by atoms with Crippen molar-refractivity contribution in [2.45, 2.75) is 119 Å². The third-order valence-corrected chi connectivity index (χ3v) is 14.0. The molecule has 0 aromatic rings. The second-order valence-corrected chi connectivity index (χ2v) is 15.1.